The molecule has 0 aromatic heterocycles. The normalized spacial score (nSPS) is 9.76. The van der Waals surface area contributed by atoms with Gasteiger partial charge in [0.05, 0.1) is 19.1 Å². The number of nitriles is 1. The first-order chi connectivity index (χ1) is 10.1. The Labute approximate surface area is 129 Å². The highest BCUT2D eigenvalue weighted by atomic mass is 35.5. The highest BCUT2D eigenvalue weighted by Gasteiger charge is 2.17. The molecule has 5 nitrogen and oxygen atoms in total. The van der Waals surface area contributed by atoms with Crippen molar-refractivity contribution in [3.05, 3.63) is 29.3 Å². The molecule has 112 valence electrons. The van der Waals surface area contributed by atoms with Gasteiger partial charge in [0.1, 0.15) is 6.54 Å². The molecule has 1 amide bonds. The Kier molecular flexibility index (Phi) is 7.27. The number of halogens is 1. The minimum Gasteiger partial charge on any atom is -0.466 e. The van der Waals surface area contributed by atoms with E-state index in [-0.39, 0.29) is 25.3 Å². The van der Waals surface area contributed by atoms with E-state index in [1.165, 1.54) is 4.90 Å². The molecule has 1 rings (SSSR count). The molecule has 0 fully saturated rings. The summed E-state index contributed by atoms with van der Waals surface area (Å²) in [5.41, 5.74) is 0.577. The molecule has 0 bridgehead atoms. The SMILES string of the molecule is CCCOC(=O)CCC(=O)N(CC#N)c1ccc(Cl)cc1. The third kappa shape index (κ3) is 5.84. The molecule has 0 spiro atoms. The number of hydrogen-bond donors (Lipinski definition) is 0. The molecule has 6 heteroatoms. The van der Waals surface area contributed by atoms with Gasteiger partial charge in [0.25, 0.3) is 0 Å². The zero-order valence-corrected chi connectivity index (χ0v) is 12.6. The summed E-state index contributed by atoms with van der Waals surface area (Å²) in [4.78, 5) is 24.8. The number of carbonyl (C=O) groups excluding carboxylic acids is 2. The average Bonchev–Trinajstić information content (AvgIpc) is 2.49. The summed E-state index contributed by atoms with van der Waals surface area (Å²) in [6.45, 7) is 2.17. The molecular weight excluding hydrogens is 292 g/mol. The van der Waals surface area contributed by atoms with Gasteiger partial charge in [0.15, 0.2) is 0 Å². The number of amides is 1. The summed E-state index contributed by atoms with van der Waals surface area (Å²) in [5, 5.41) is 9.38. The average molecular weight is 309 g/mol. The van der Waals surface area contributed by atoms with Crippen LogP contribution in [0.1, 0.15) is 26.2 Å². The van der Waals surface area contributed by atoms with E-state index < -0.39 is 5.97 Å². The predicted molar refractivity (Wildman–Crippen MR) is 79.9 cm³/mol. The van der Waals surface area contributed by atoms with Gasteiger partial charge in [-0.1, -0.05) is 18.5 Å². The lowest BCUT2D eigenvalue weighted by Gasteiger charge is -2.19. The first kappa shape index (κ1) is 17.0. The Balaban J connectivity index is 2.64. The topological polar surface area (TPSA) is 70.4 Å². The van der Waals surface area contributed by atoms with Gasteiger partial charge in [-0.3, -0.25) is 14.5 Å². The van der Waals surface area contributed by atoms with Gasteiger partial charge < -0.3 is 4.74 Å². The Bertz CT molecular complexity index is 523. The second-order valence-electron chi connectivity index (χ2n) is 4.33. The van der Waals surface area contributed by atoms with Crippen molar-refractivity contribution in [2.45, 2.75) is 26.2 Å². The zero-order chi connectivity index (χ0) is 15.7. The van der Waals surface area contributed by atoms with Crippen LogP contribution in [0, 0.1) is 11.3 Å². The van der Waals surface area contributed by atoms with E-state index in [0.29, 0.717) is 17.3 Å². The summed E-state index contributed by atoms with van der Waals surface area (Å²) in [7, 11) is 0. The Morgan fingerprint density at radius 1 is 1.29 bits per heavy atom. The maximum Gasteiger partial charge on any atom is 0.306 e. The maximum absolute atomic E-state index is 12.1. The molecule has 0 unspecified atom stereocenters. The zero-order valence-electron chi connectivity index (χ0n) is 11.8. The second-order valence-corrected chi connectivity index (χ2v) is 4.77. The highest BCUT2D eigenvalue weighted by Crippen LogP contribution is 2.19. The molecule has 0 heterocycles. The quantitative estimate of drug-likeness (QED) is 0.573. The van der Waals surface area contributed by atoms with Crippen LogP contribution in [0.4, 0.5) is 5.69 Å². The lowest BCUT2D eigenvalue weighted by atomic mass is 10.2. The van der Waals surface area contributed by atoms with Gasteiger partial charge in [0, 0.05) is 17.1 Å². The third-order valence-electron chi connectivity index (χ3n) is 2.68. The Morgan fingerprint density at radius 2 is 1.95 bits per heavy atom. The van der Waals surface area contributed by atoms with Crippen LogP contribution in [-0.4, -0.2) is 25.0 Å². The van der Waals surface area contributed by atoms with Crippen LogP contribution in [-0.2, 0) is 14.3 Å². The maximum atomic E-state index is 12.1. The largest absolute Gasteiger partial charge is 0.466 e. The number of hydrogen-bond acceptors (Lipinski definition) is 4. The summed E-state index contributed by atoms with van der Waals surface area (Å²) in [6.07, 6.45) is 0.756. The van der Waals surface area contributed by atoms with Crippen LogP contribution in [0.5, 0.6) is 0 Å². The van der Waals surface area contributed by atoms with Gasteiger partial charge in [0.2, 0.25) is 5.91 Å². The van der Waals surface area contributed by atoms with Crippen LogP contribution >= 0.6 is 11.6 Å². The summed E-state index contributed by atoms with van der Waals surface area (Å²) in [5.74, 6) is -0.703. The molecular formula is C15H17ClN2O3. The number of nitrogens with zero attached hydrogens (tertiary/aromatic N) is 2. The Hall–Kier alpha value is -2.06. The number of ether oxygens (including phenoxy) is 1. The fourth-order valence-corrected chi connectivity index (χ4v) is 1.77. The minimum absolute atomic E-state index is 0.00680. The van der Waals surface area contributed by atoms with E-state index in [9.17, 15) is 9.59 Å². The molecule has 1 aromatic carbocycles. The van der Waals surface area contributed by atoms with E-state index in [2.05, 4.69) is 0 Å². The van der Waals surface area contributed by atoms with Crippen molar-refractivity contribution in [1.29, 1.82) is 5.26 Å². The number of benzene rings is 1. The molecule has 0 N–H and O–H groups in total. The molecule has 21 heavy (non-hydrogen) atoms. The third-order valence-corrected chi connectivity index (χ3v) is 2.93. The van der Waals surface area contributed by atoms with E-state index in [1.54, 1.807) is 24.3 Å². The minimum atomic E-state index is -0.404. The molecule has 0 radical (unpaired) electrons. The molecule has 0 aliphatic carbocycles. The van der Waals surface area contributed by atoms with Crippen LogP contribution < -0.4 is 4.90 Å². The van der Waals surface area contributed by atoms with Crippen molar-refractivity contribution >= 4 is 29.2 Å². The van der Waals surface area contributed by atoms with Crippen molar-refractivity contribution in [3.8, 4) is 6.07 Å². The summed E-state index contributed by atoms with van der Waals surface area (Å²) in [6, 6.07) is 8.54. The van der Waals surface area contributed by atoms with E-state index in [4.69, 9.17) is 21.6 Å². The fraction of sp³-hybridized carbons (Fsp3) is 0.400. The molecule has 0 saturated heterocycles. The van der Waals surface area contributed by atoms with Crippen LogP contribution in [0.25, 0.3) is 0 Å². The van der Waals surface area contributed by atoms with Crippen molar-refractivity contribution in [1.82, 2.24) is 0 Å². The monoisotopic (exact) mass is 308 g/mol. The molecule has 0 aliphatic rings. The first-order valence-electron chi connectivity index (χ1n) is 6.67. The van der Waals surface area contributed by atoms with Gasteiger partial charge >= 0.3 is 5.97 Å². The lowest BCUT2D eigenvalue weighted by molar-refractivity contribution is -0.144. The van der Waals surface area contributed by atoms with Crippen LogP contribution in [0.3, 0.4) is 0 Å². The molecule has 0 saturated carbocycles. The van der Waals surface area contributed by atoms with Gasteiger partial charge in [-0.05, 0) is 30.7 Å². The van der Waals surface area contributed by atoms with Gasteiger partial charge in [-0.25, -0.2) is 0 Å². The summed E-state index contributed by atoms with van der Waals surface area (Å²) < 4.78 is 4.91. The Morgan fingerprint density at radius 3 is 2.52 bits per heavy atom. The van der Waals surface area contributed by atoms with Crippen molar-refractivity contribution < 1.29 is 14.3 Å². The van der Waals surface area contributed by atoms with Crippen LogP contribution in [0.2, 0.25) is 5.02 Å². The molecule has 0 atom stereocenters. The van der Waals surface area contributed by atoms with Gasteiger partial charge in [-0.15, -0.1) is 0 Å². The fourth-order valence-electron chi connectivity index (χ4n) is 1.65. The van der Waals surface area contributed by atoms with Crippen LogP contribution in [0.15, 0.2) is 24.3 Å². The number of anilines is 1. The smallest absolute Gasteiger partial charge is 0.306 e. The van der Waals surface area contributed by atoms with E-state index in [0.717, 1.165) is 6.42 Å². The predicted octanol–water partition coefficient (Wildman–Crippen LogP) is 2.93. The standard InChI is InChI=1S/C15H17ClN2O3/c1-2-11-21-15(20)8-7-14(19)18(10-9-17)13-5-3-12(16)4-6-13/h3-6H,2,7-8,10-11H2,1H3. The second kappa shape index (κ2) is 8.98. The number of esters is 1. The lowest BCUT2D eigenvalue weighted by Crippen LogP contribution is -2.31. The number of rotatable bonds is 7. The van der Waals surface area contributed by atoms with Crippen molar-refractivity contribution in [3.63, 3.8) is 0 Å². The van der Waals surface area contributed by atoms with Crippen molar-refractivity contribution in [2.75, 3.05) is 18.1 Å². The van der Waals surface area contributed by atoms with E-state index >= 15 is 0 Å². The van der Waals surface area contributed by atoms with Gasteiger partial charge in [-0.2, -0.15) is 5.26 Å². The van der Waals surface area contributed by atoms with Crippen molar-refractivity contribution in [2.24, 2.45) is 0 Å². The number of carbonyl (C=O) groups is 2. The highest BCUT2D eigenvalue weighted by molar-refractivity contribution is 6.30. The first-order valence-corrected chi connectivity index (χ1v) is 7.04. The van der Waals surface area contributed by atoms with E-state index in [1.807, 2.05) is 13.0 Å². The summed E-state index contributed by atoms with van der Waals surface area (Å²) >= 11 is 5.79. The molecule has 0 aliphatic heterocycles. The molecule has 1 aromatic rings.